The van der Waals surface area contributed by atoms with Gasteiger partial charge in [-0.15, -0.1) is 0 Å². The summed E-state index contributed by atoms with van der Waals surface area (Å²) in [6, 6.07) is 6.59. The second-order valence-electron chi connectivity index (χ2n) is 7.61. The molecule has 0 bridgehead atoms. The molecular weight excluding hydrogens is 369 g/mol. The fourth-order valence-electron chi connectivity index (χ4n) is 3.98. The van der Waals surface area contributed by atoms with E-state index in [0.717, 1.165) is 46.7 Å². The number of aromatic nitrogens is 4. The molecule has 7 heteroatoms. The number of nitrogens with zero attached hydrogens (tertiary/aromatic N) is 5. The minimum Gasteiger partial charge on any atom is -0.312 e. The monoisotopic (exact) mass is 393 g/mol. The van der Waals surface area contributed by atoms with Gasteiger partial charge in [0.2, 0.25) is 5.91 Å². The smallest absolute Gasteiger partial charge is 0.251 e. The Labute approximate surface area is 169 Å². The molecule has 0 unspecified atom stereocenters. The van der Waals surface area contributed by atoms with Gasteiger partial charge >= 0.3 is 0 Å². The molecule has 29 heavy (non-hydrogen) atoms. The highest BCUT2D eigenvalue weighted by Gasteiger charge is 2.25. The van der Waals surface area contributed by atoms with E-state index in [1.54, 1.807) is 15.6 Å². The van der Waals surface area contributed by atoms with Crippen molar-refractivity contribution in [1.82, 2.24) is 19.7 Å². The van der Waals surface area contributed by atoms with Gasteiger partial charge in [0.1, 0.15) is 5.82 Å². The van der Waals surface area contributed by atoms with Crippen LogP contribution in [0.1, 0.15) is 40.3 Å². The van der Waals surface area contributed by atoms with Gasteiger partial charge in [-0.1, -0.05) is 6.07 Å². The third-order valence-electron chi connectivity index (χ3n) is 5.40. The summed E-state index contributed by atoms with van der Waals surface area (Å²) >= 11 is 0. The molecule has 2 aromatic heterocycles. The topological polar surface area (TPSA) is 63.9 Å². The highest BCUT2D eigenvalue weighted by atomic mass is 19.1. The van der Waals surface area contributed by atoms with Gasteiger partial charge in [0.15, 0.2) is 0 Å². The van der Waals surface area contributed by atoms with Crippen LogP contribution in [0.3, 0.4) is 0 Å². The SMILES string of the molecule is Cc1cc(C)nc(-n2nc(C)c(CC(=O)N3CCCc4ccc(F)cc43)c2C)n1. The van der Waals surface area contributed by atoms with Gasteiger partial charge in [0.05, 0.1) is 12.1 Å². The Bertz CT molecular complexity index is 1080. The number of carbonyl (C=O) groups is 1. The summed E-state index contributed by atoms with van der Waals surface area (Å²) in [7, 11) is 0. The first-order valence-electron chi connectivity index (χ1n) is 9.80. The first kappa shape index (κ1) is 19.2. The fourth-order valence-corrected chi connectivity index (χ4v) is 3.98. The summed E-state index contributed by atoms with van der Waals surface area (Å²) in [6.07, 6.45) is 1.94. The van der Waals surface area contributed by atoms with Gasteiger partial charge in [-0.25, -0.2) is 19.0 Å². The van der Waals surface area contributed by atoms with Crippen molar-refractivity contribution in [3.8, 4) is 5.95 Å². The van der Waals surface area contributed by atoms with Crippen molar-refractivity contribution in [2.45, 2.75) is 47.0 Å². The maximum Gasteiger partial charge on any atom is 0.251 e. The average molecular weight is 393 g/mol. The first-order valence-corrected chi connectivity index (χ1v) is 9.80. The lowest BCUT2D eigenvalue weighted by molar-refractivity contribution is -0.118. The van der Waals surface area contributed by atoms with Crippen LogP contribution >= 0.6 is 0 Å². The maximum absolute atomic E-state index is 13.8. The maximum atomic E-state index is 13.8. The van der Waals surface area contributed by atoms with E-state index in [-0.39, 0.29) is 18.1 Å². The zero-order valence-electron chi connectivity index (χ0n) is 17.2. The van der Waals surface area contributed by atoms with E-state index >= 15 is 0 Å². The van der Waals surface area contributed by atoms with Crippen LogP contribution in [0.2, 0.25) is 0 Å². The molecule has 0 atom stereocenters. The lowest BCUT2D eigenvalue weighted by Gasteiger charge is -2.29. The van der Waals surface area contributed by atoms with Crippen molar-refractivity contribution in [2.75, 3.05) is 11.4 Å². The van der Waals surface area contributed by atoms with E-state index in [1.807, 2.05) is 33.8 Å². The van der Waals surface area contributed by atoms with E-state index in [2.05, 4.69) is 15.1 Å². The fraction of sp³-hybridized carbons (Fsp3) is 0.364. The van der Waals surface area contributed by atoms with Crippen molar-refractivity contribution in [3.05, 3.63) is 64.0 Å². The van der Waals surface area contributed by atoms with Crippen LogP contribution in [0.25, 0.3) is 5.95 Å². The van der Waals surface area contributed by atoms with Crippen LogP contribution in [0, 0.1) is 33.5 Å². The zero-order chi connectivity index (χ0) is 20.7. The minimum atomic E-state index is -0.324. The zero-order valence-corrected chi connectivity index (χ0v) is 17.2. The molecule has 0 spiro atoms. The van der Waals surface area contributed by atoms with E-state index in [0.29, 0.717) is 18.2 Å². The minimum absolute atomic E-state index is 0.0522. The van der Waals surface area contributed by atoms with Crippen LogP contribution in [-0.4, -0.2) is 32.2 Å². The van der Waals surface area contributed by atoms with Crippen molar-refractivity contribution in [3.63, 3.8) is 0 Å². The number of amides is 1. The summed E-state index contributed by atoms with van der Waals surface area (Å²) < 4.78 is 15.5. The molecule has 0 saturated carbocycles. The second-order valence-corrected chi connectivity index (χ2v) is 7.61. The van der Waals surface area contributed by atoms with Crippen molar-refractivity contribution < 1.29 is 9.18 Å². The molecule has 0 saturated heterocycles. The molecule has 1 aliphatic rings. The number of halogens is 1. The summed E-state index contributed by atoms with van der Waals surface area (Å²) in [5.74, 6) is 0.131. The third kappa shape index (κ3) is 3.64. The van der Waals surface area contributed by atoms with E-state index in [1.165, 1.54) is 12.1 Å². The quantitative estimate of drug-likeness (QED) is 0.683. The predicted octanol–water partition coefficient (Wildman–Crippen LogP) is 3.56. The van der Waals surface area contributed by atoms with Crippen LogP contribution in [-0.2, 0) is 17.6 Å². The predicted molar refractivity (Wildman–Crippen MR) is 109 cm³/mol. The van der Waals surface area contributed by atoms with Gasteiger partial charge < -0.3 is 4.90 Å². The van der Waals surface area contributed by atoms with Crippen molar-refractivity contribution >= 4 is 11.6 Å². The van der Waals surface area contributed by atoms with Gasteiger partial charge in [-0.3, -0.25) is 4.79 Å². The molecule has 1 aliphatic heterocycles. The number of rotatable bonds is 3. The molecule has 0 aliphatic carbocycles. The molecular formula is C22H24FN5O. The summed E-state index contributed by atoms with van der Waals surface area (Å²) in [4.78, 5) is 23.8. The van der Waals surface area contributed by atoms with Crippen LogP contribution in [0.4, 0.5) is 10.1 Å². The number of fused-ring (bicyclic) bond motifs is 1. The molecule has 3 aromatic rings. The number of benzene rings is 1. The van der Waals surface area contributed by atoms with Gasteiger partial charge in [-0.2, -0.15) is 5.10 Å². The summed E-state index contributed by atoms with van der Waals surface area (Å²) in [6.45, 7) is 8.25. The highest BCUT2D eigenvalue weighted by Crippen LogP contribution is 2.29. The Balaban J connectivity index is 1.65. The Kier molecular flexibility index (Phi) is 4.90. The van der Waals surface area contributed by atoms with E-state index in [4.69, 9.17) is 0 Å². The number of hydrogen-bond donors (Lipinski definition) is 0. The van der Waals surface area contributed by atoms with Crippen LogP contribution in [0.5, 0.6) is 0 Å². The molecule has 3 heterocycles. The van der Waals surface area contributed by atoms with E-state index in [9.17, 15) is 9.18 Å². The molecule has 1 amide bonds. The Morgan fingerprint density at radius 1 is 1.10 bits per heavy atom. The largest absolute Gasteiger partial charge is 0.312 e. The van der Waals surface area contributed by atoms with Crippen LogP contribution in [0.15, 0.2) is 24.3 Å². The Hall–Kier alpha value is -3.09. The summed E-state index contributed by atoms with van der Waals surface area (Å²) in [5.41, 5.74) is 5.91. The van der Waals surface area contributed by atoms with Crippen molar-refractivity contribution in [1.29, 1.82) is 0 Å². The number of hydrogen-bond acceptors (Lipinski definition) is 4. The summed E-state index contributed by atoms with van der Waals surface area (Å²) in [5, 5.41) is 4.58. The van der Waals surface area contributed by atoms with Crippen LogP contribution < -0.4 is 4.90 Å². The highest BCUT2D eigenvalue weighted by molar-refractivity contribution is 5.96. The number of carbonyl (C=O) groups excluding carboxylic acids is 1. The molecule has 6 nitrogen and oxygen atoms in total. The van der Waals surface area contributed by atoms with Crippen molar-refractivity contribution in [2.24, 2.45) is 0 Å². The third-order valence-corrected chi connectivity index (χ3v) is 5.40. The lowest BCUT2D eigenvalue weighted by atomic mass is 10.0. The number of anilines is 1. The molecule has 0 fully saturated rings. The molecule has 0 radical (unpaired) electrons. The molecule has 4 rings (SSSR count). The van der Waals surface area contributed by atoms with Gasteiger partial charge in [-0.05, 0) is 64.3 Å². The molecule has 0 N–H and O–H groups in total. The standard InChI is InChI=1S/C22H24FN5O/c1-13-10-14(2)25-22(24-13)28-16(4)19(15(3)26-28)12-21(29)27-9-5-6-17-7-8-18(23)11-20(17)27/h7-8,10-11H,5-6,9,12H2,1-4H3. The van der Waals surface area contributed by atoms with Gasteiger partial charge in [0.25, 0.3) is 5.95 Å². The second kappa shape index (κ2) is 7.39. The normalized spacial score (nSPS) is 13.5. The Morgan fingerprint density at radius 2 is 1.83 bits per heavy atom. The van der Waals surface area contributed by atoms with E-state index < -0.39 is 0 Å². The lowest BCUT2D eigenvalue weighted by Crippen LogP contribution is -2.36. The van der Waals surface area contributed by atoms with Gasteiger partial charge in [0, 0.05) is 34.9 Å². The number of aryl methyl sites for hydroxylation is 4. The molecule has 1 aromatic carbocycles. The molecule has 150 valence electrons. The Morgan fingerprint density at radius 3 is 2.55 bits per heavy atom. The average Bonchev–Trinajstić information content (AvgIpc) is 2.95. The first-order chi connectivity index (χ1) is 13.8.